The lowest BCUT2D eigenvalue weighted by Crippen LogP contribution is -2.48. The standard InChI is InChI=1S/C15H24N6O2/c1-14(2,3)21-8-9(11(20-21)12(16)23)6-15(4,5)13-17-7-10(22)18-19-13/h8H,6-7H2,1-5H3,(H2,16,23)(H,17,19)(H,18,22). The fourth-order valence-electron chi connectivity index (χ4n) is 2.40. The molecular formula is C15H24N6O2. The van der Waals surface area contributed by atoms with Crippen LogP contribution in [0.25, 0.3) is 0 Å². The van der Waals surface area contributed by atoms with Crippen LogP contribution in [0.3, 0.4) is 0 Å². The third kappa shape index (κ3) is 3.69. The Morgan fingerprint density at radius 3 is 2.48 bits per heavy atom. The number of carbonyl (C=O) groups is 2. The number of primary amides is 1. The topological polar surface area (TPSA) is 114 Å². The minimum atomic E-state index is -0.550. The van der Waals surface area contributed by atoms with Gasteiger partial charge in [-0.25, -0.2) is 5.43 Å². The Morgan fingerprint density at radius 2 is 2.00 bits per heavy atom. The van der Waals surface area contributed by atoms with Crippen molar-refractivity contribution in [3.63, 3.8) is 0 Å². The van der Waals surface area contributed by atoms with Gasteiger partial charge in [0.25, 0.3) is 11.8 Å². The number of nitrogens with two attached hydrogens (primary N) is 1. The molecule has 2 rings (SSSR count). The van der Waals surface area contributed by atoms with Crippen molar-refractivity contribution in [1.82, 2.24) is 20.5 Å². The van der Waals surface area contributed by atoms with Crippen LogP contribution in [-0.4, -0.2) is 34.0 Å². The Bertz CT molecular complexity index is 666. The van der Waals surface area contributed by atoms with Crippen molar-refractivity contribution < 1.29 is 9.59 Å². The highest BCUT2D eigenvalue weighted by Gasteiger charge is 2.31. The maximum Gasteiger partial charge on any atom is 0.269 e. The summed E-state index contributed by atoms with van der Waals surface area (Å²) in [6.07, 6.45) is 2.37. The summed E-state index contributed by atoms with van der Waals surface area (Å²) in [4.78, 5) is 22.9. The number of hydrazone groups is 1. The summed E-state index contributed by atoms with van der Waals surface area (Å²) in [7, 11) is 0. The molecule has 4 N–H and O–H groups in total. The van der Waals surface area contributed by atoms with Crippen LogP contribution in [-0.2, 0) is 16.8 Å². The first-order valence-electron chi connectivity index (χ1n) is 7.50. The number of amidine groups is 1. The second kappa shape index (κ2) is 5.68. The molecule has 0 bridgehead atoms. The summed E-state index contributed by atoms with van der Waals surface area (Å²) < 4.78 is 1.75. The third-order valence-electron chi connectivity index (χ3n) is 3.69. The van der Waals surface area contributed by atoms with Gasteiger partial charge in [0.05, 0.1) is 12.1 Å². The molecule has 0 radical (unpaired) electrons. The summed E-state index contributed by atoms with van der Waals surface area (Å²) >= 11 is 0. The minimum Gasteiger partial charge on any atom is -0.364 e. The Morgan fingerprint density at radius 1 is 1.35 bits per heavy atom. The predicted molar refractivity (Wildman–Crippen MR) is 86.8 cm³/mol. The van der Waals surface area contributed by atoms with Crippen LogP contribution in [0.2, 0.25) is 0 Å². The van der Waals surface area contributed by atoms with Crippen LogP contribution in [0.1, 0.15) is 50.7 Å². The summed E-state index contributed by atoms with van der Waals surface area (Å²) in [5.74, 6) is -0.0652. The van der Waals surface area contributed by atoms with Crippen LogP contribution in [0.4, 0.5) is 0 Å². The van der Waals surface area contributed by atoms with E-state index in [9.17, 15) is 9.59 Å². The molecule has 2 amide bonds. The first kappa shape index (κ1) is 17.0. The number of hydrogen-bond donors (Lipinski definition) is 3. The smallest absolute Gasteiger partial charge is 0.269 e. The van der Waals surface area contributed by atoms with Gasteiger partial charge in [0, 0.05) is 17.2 Å². The number of rotatable bonds is 4. The van der Waals surface area contributed by atoms with E-state index < -0.39 is 11.3 Å². The average Bonchev–Trinajstić information content (AvgIpc) is 2.82. The second-order valence-electron chi connectivity index (χ2n) is 7.39. The zero-order valence-electron chi connectivity index (χ0n) is 14.2. The van der Waals surface area contributed by atoms with Crippen molar-refractivity contribution in [2.24, 2.45) is 16.3 Å². The van der Waals surface area contributed by atoms with Gasteiger partial charge >= 0.3 is 0 Å². The van der Waals surface area contributed by atoms with E-state index in [1.165, 1.54) is 0 Å². The minimum absolute atomic E-state index is 0.178. The van der Waals surface area contributed by atoms with E-state index in [0.717, 1.165) is 5.56 Å². The second-order valence-corrected chi connectivity index (χ2v) is 7.39. The predicted octanol–water partition coefficient (Wildman–Crippen LogP) is 0.339. The summed E-state index contributed by atoms with van der Waals surface area (Å²) in [6, 6.07) is 0. The van der Waals surface area contributed by atoms with Gasteiger partial charge in [0.2, 0.25) is 0 Å². The highest BCUT2D eigenvalue weighted by molar-refractivity contribution is 5.96. The average molecular weight is 320 g/mol. The van der Waals surface area contributed by atoms with Crippen LogP contribution in [0.15, 0.2) is 11.3 Å². The maximum absolute atomic E-state index is 11.7. The Balaban J connectivity index is 2.33. The van der Waals surface area contributed by atoms with Crippen molar-refractivity contribution in [3.8, 4) is 0 Å². The summed E-state index contributed by atoms with van der Waals surface area (Å²) in [5, 5.41) is 11.4. The molecule has 0 fully saturated rings. The van der Waals surface area contributed by atoms with E-state index >= 15 is 0 Å². The molecule has 2 heterocycles. The van der Waals surface area contributed by atoms with Crippen LogP contribution >= 0.6 is 0 Å². The molecule has 8 nitrogen and oxygen atoms in total. The monoisotopic (exact) mass is 320 g/mol. The molecule has 0 unspecified atom stereocenters. The van der Waals surface area contributed by atoms with Gasteiger partial charge in [0.15, 0.2) is 5.69 Å². The number of nitrogens with one attached hydrogen (secondary N) is 2. The normalized spacial score (nSPS) is 15.7. The third-order valence-corrected chi connectivity index (χ3v) is 3.69. The SMILES string of the molecule is CC(C)(Cc1cn(C(C)(C)C)nc1C(N)=O)C1=NNC(=O)CN1. The first-order chi connectivity index (χ1) is 10.5. The number of amides is 2. The molecule has 0 atom stereocenters. The molecule has 1 aliphatic rings. The van der Waals surface area contributed by atoms with E-state index in [4.69, 9.17) is 5.73 Å². The number of hydrogen-bond acceptors (Lipinski definition) is 5. The van der Waals surface area contributed by atoms with Crippen LogP contribution in [0, 0.1) is 5.41 Å². The molecule has 1 aromatic rings. The summed E-state index contributed by atoms with van der Waals surface area (Å²) in [5.41, 5.74) is 8.31. The quantitative estimate of drug-likeness (QED) is 0.742. The van der Waals surface area contributed by atoms with Crippen molar-refractivity contribution in [2.45, 2.75) is 46.6 Å². The van der Waals surface area contributed by atoms with E-state index in [1.807, 2.05) is 40.8 Å². The molecule has 0 saturated heterocycles. The molecule has 8 heteroatoms. The Hall–Kier alpha value is -2.38. The lowest BCUT2D eigenvalue weighted by Gasteiger charge is -2.29. The van der Waals surface area contributed by atoms with Crippen molar-refractivity contribution in [1.29, 1.82) is 0 Å². The molecule has 0 spiro atoms. The summed E-state index contributed by atoms with van der Waals surface area (Å²) in [6.45, 7) is 10.2. The van der Waals surface area contributed by atoms with E-state index in [1.54, 1.807) is 4.68 Å². The number of carbonyl (C=O) groups excluding carboxylic acids is 2. The highest BCUT2D eigenvalue weighted by atomic mass is 16.2. The first-order valence-corrected chi connectivity index (χ1v) is 7.50. The van der Waals surface area contributed by atoms with Crippen LogP contribution in [0.5, 0.6) is 0 Å². The molecule has 0 aromatic carbocycles. The molecule has 1 aliphatic heterocycles. The molecule has 1 aromatic heterocycles. The molecule has 23 heavy (non-hydrogen) atoms. The van der Waals surface area contributed by atoms with Crippen molar-refractivity contribution in [3.05, 3.63) is 17.5 Å². The number of aromatic nitrogens is 2. The van der Waals surface area contributed by atoms with Crippen molar-refractivity contribution in [2.75, 3.05) is 6.54 Å². The van der Waals surface area contributed by atoms with Crippen molar-refractivity contribution >= 4 is 17.6 Å². The lowest BCUT2D eigenvalue weighted by molar-refractivity contribution is -0.120. The fraction of sp³-hybridized carbons (Fsp3) is 0.600. The maximum atomic E-state index is 11.7. The lowest BCUT2D eigenvalue weighted by atomic mass is 9.84. The fourth-order valence-corrected chi connectivity index (χ4v) is 2.40. The largest absolute Gasteiger partial charge is 0.364 e. The zero-order chi connectivity index (χ0) is 17.4. The zero-order valence-corrected chi connectivity index (χ0v) is 14.2. The van der Waals surface area contributed by atoms with Crippen LogP contribution < -0.4 is 16.5 Å². The van der Waals surface area contributed by atoms with E-state index in [2.05, 4.69) is 20.9 Å². The van der Waals surface area contributed by atoms with Gasteiger partial charge in [-0.15, -0.1) is 0 Å². The van der Waals surface area contributed by atoms with E-state index in [-0.39, 0.29) is 23.7 Å². The Labute approximate surface area is 135 Å². The van der Waals surface area contributed by atoms with Gasteiger partial charge in [-0.3, -0.25) is 14.3 Å². The van der Waals surface area contributed by atoms with Gasteiger partial charge in [0.1, 0.15) is 5.84 Å². The van der Waals surface area contributed by atoms with Gasteiger partial charge in [-0.1, -0.05) is 13.8 Å². The number of nitrogens with zero attached hydrogens (tertiary/aromatic N) is 3. The highest BCUT2D eigenvalue weighted by Crippen LogP contribution is 2.26. The molecule has 126 valence electrons. The van der Waals surface area contributed by atoms with Gasteiger partial charge in [-0.2, -0.15) is 10.2 Å². The Kier molecular flexibility index (Phi) is 4.19. The van der Waals surface area contributed by atoms with E-state index in [0.29, 0.717) is 12.3 Å². The molecule has 0 saturated carbocycles. The van der Waals surface area contributed by atoms with Gasteiger partial charge in [-0.05, 0) is 27.2 Å². The molecular weight excluding hydrogens is 296 g/mol. The van der Waals surface area contributed by atoms with Gasteiger partial charge < -0.3 is 11.1 Å². The molecule has 0 aliphatic carbocycles.